The van der Waals surface area contributed by atoms with E-state index < -0.39 is 0 Å². The standard InChI is InChI=1S/C14H19N3O2S2/c1-7(13-9(3)17-19-10(13)4)6-15-12(18)5-11-8(2)16-14(20)21-11/h7H,5-6H2,1-4H3,(H,15,18)(H,16,20)/t7-/m0/s1. The molecule has 2 aromatic rings. The second kappa shape index (κ2) is 6.53. The zero-order chi connectivity index (χ0) is 15.6. The molecule has 1 atom stereocenters. The molecule has 2 N–H and O–H groups in total. The van der Waals surface area contributed by atoms with Gasteiger partial charge < -0.3 is 14.8 Å². The van der Waals surface area contributed by atoms with Crippen molar-refractivity contribution in [3.63, 3.8) is 0 Å². The van der Waals surface area contributed by atoms with Gasteiger partial charge in [0.1, 0.15) is 5.76 Å². The number of aryl methyl sites for hydroxylation is 3. The van der Waals surface area contributed by atoms with Crippen LogP contribution in [0.3, 0.4) is 0 Å². The van der Waals surface area contributed by atoms with Crippen LogP contribution in [0.15, 0.2) is 4.52 Å². The van der Waals surface area contributed by atoms with Gasteiger partial charge in [-0.25, -0.2) is 0 Å². The lowest BCUT2D eigenvalue weighted by molar-refractivity contribution is -0.120. The summed E-state index contributed by atoms with van der Waals surface area (Å²) in [5, 5.41) is 6.91. The molecule has 114 valence electrons. The quantitative estimate of drug-likeness (QED) is 0.828. The van der Waals surface area contributed by atoms with E-state index in [1.165, 1.54) is 11.3 Å². The third kappa shape index (κ3) is 3.79. The van der Waals surface area contributed by atoms with Crippen LogP contribution in [0.2, 0.25) is 0 Å². The summed E-state index contributed by atoms with van der Waals surface area (Å²) in [5.41, 5.74) is 2.93. The van der Waals surface area contributed by atoms with E-state index in [1.807, 2.05) is 20.8 Å². The fourth-order valence-corrected chi connectivity index (χ4v) is 3.67. The monoisotopic (exact) mass is 325 g/mol. The highest BCUT2D eigenvalue weighted by atomic mass is 32.1. The highest BCUT2D eigenvalue weighted by Gasteiger charge is 2.17. The Kier molecular flexibility index (Phi) is 4.95. The minimum Gasteiger partial charge on any atom is -0.361 e. The number of carbonyl (C=O) groups is 1. The lowest BCUT2D eigenvalue weighted by Gasteiger charge is -2.12. The Morgan fingerprint density at radius 1 is 1.48 bits per heavy atom. The molecule has 21 heavy (non-hydrogen) atoms. The molecule has 0 aliphatic rings. The molecule has 0 saturated heterocycles. The van der Waals surface area contributed by atoms with Crippen molar-refractivity contribution in [1.29, 1.82) is 0 Å². The number of rotatable bonds is 5. The van der Waals surface area contributed by atoms with E-state index in [0.29, 0.717) is 16.9 Å². The Morgan fingerprint density at radius 3 is 2.71 bits per heavy atom. The minimum atomic E-state index is 0.00182. The minimum absolute atomic E-state index is 0.00182. The van der Waals surface area contributed by atoms with Gasteiger partial charge in [0.2, 0.25) is 5.91 Å². The van der Waals surface area contributed by atoms with E-state index in [-0.39, 0.29) is 11.8 Å². The van der Waals surface area contributed by atoms with Crippen LogP contribution < -0.4 is 5.32 Å². The van der Waals surface area contributed by atoms with Crippen LogP contribution in [-0.2, 0) is 11.2 Å². The normalized spacial score (nSPS) is 12.4. The number of H-pyrrole nitrogens is 1. The van der Waals surface area contributed by atoms with Crippen LogP contribution in [-0.4, -0.2) is 22.6 Å². The lowest BCUT2D eigenvalue weighted by Crippen LogP contribution is -2.29. The third-order valence-electron chi connectivity index (χ3n) is 3.43. The van der Waals surface area contributed by atoms with Crippen molar-refractivity contribution in [2.75, 3.05) is 6.54 Å². The first kappa shape index (κ1) is 15.9. The van der Waals surface area contributed by atoms with Crippen LogP contribution in [0.5, 0.6) is 0 Å². The molecule has 7 heteroatoms. The molecule has 0 saturated carbocycles. The average molecular weight is 325 g/mol. The number of hydrogen-bond donors (Lipinski definition) is 2. The fraction of sp³-hybridized carbons (Fsp3) is 0.500. The smallest absolute Gasteiger partial charge is 0.225 e. The predicted molar refractivity (Wildman–Crippen MR) is 85.3 cm³/mol. The van der Waals surface area contributed by atoms with Gasteiger partial charge in [0.25, 0.3) is 0 Å². The Balaban J connectivity index is 1.92. The van der Waals surface area contributed by atoms with Crippen molar-refractivity contribution in [3.05, 3.63) is 31.5 Å². The zero-order valence-electron chi connectivity index (χ0n) is 12.6. The van der Waals surface area contributed by atoms with Crippen LogP contribution in [0.4, 0.5) is 0 Å². The molecule has 0 spiro atoms. The van der Waals surface area contributed by atoms with Gasteiger partial charge in [-0.3, -0.25) is 4.79 Å². The topological polar surface area (TPSA) is 70.9 Å². The molecule has 0 aliphatic carbocycles. The Bertz CT molecular complexity index is 680. The van der Waals surface area contributed by atoms with Gasteiger partial charge in [0, 0.05) is 28.6 Å². The number of thiazole rings is 1. The Morgan fingerprint density at radius 2 is 2.19 bits per heavy atom. The number of nitrogens with zero attached hydrogens (tertiary/aromatic N) is 1. The van der Waals surface area contributed by atoms with Crippen molar-refractivity contribution in [2.24, 2.45) is 0 Å². The molecule has 2 rings (SSSR count). The van der Waals surface area contributed by atoms with Crippen molar-refractivity contribution in [2.45, 2.75) is 40.0 Å². The molecule has 2 aromatic heterocycles. The van der Waals surface area contributed by atoms with E-state index in [1.54, 1.807) is 0 Å². The SMILES string of the molecule is Cc1noc(C)c1[C@@H](C)CNC(=O)Cc1sc(=S)[nH]c1C. The van der Waals surface area contributed by atoms with Crippen LogP contribution >= 0.6 is 23.6 Å². The van der Waals surface area contributed by atoms with Crippen molar-refractivity contribution in [1.82, 2.24) is 15.5 Å². The number of aromatic nitrogens is 2. The van der Waals surface area contributed by atoms with Crippen LogP contribution in [0.1, 0.15) is 40.4 Å². The van der Waals surface area contributed by atoms with Gasteiger partial charge in [0.05, 0.1) is 12.1 Å². The number of hydrogen-bond acceptors (Lipinski definition) is 5. The Labute approximate surface area is 132 Å². The molecule has 0 bridgehead atoms. The molecule has 0 radical (unpaired) electrons. The maximum absolute atomic E-state index is 12.0. The summed E-state index contributed by atoms with van der Waals surface area (Å²) in [6.45, 7) is 8.36. The first-order valence-electron chi connectivity index (χ1n) is 6.76. The lowest BCUT2D eigenvalue weighted by atomic mass is 9.99. The van der Waals surface area contributed by atoms with Crippen LogP contribution in [0, 0.1) is 24.7 Å². The number of aromatic amines is 1. The Hall–Kier alpha value is -1.47. The van der Waals surface area contributed by atoms with Gasteiger partial charge in [-0.05, 0) is 33.0 Å². The predicted octanol–water partition coefficient (Wildman–Crippen LogP) is 3.18. The average Bonchev–Trinajstić information content (AvgIpc) is 2.89. The van der Waals surface area contributed by atoms with Gasteiger partial charge >= 0.3 is 0 Å². The summed E-state index contributed by atoms with van der Waals surface area (Å²) in [6.07, 6.45) is 0.359. The van der Waals surface area contributed by atoms with Crippen molar-refractivity contribution in [3.8, 4) is 0 Å². The molecule has 2 heterocycles. The summed E-state index contributed by atoms with van der Waals surface area (Å²) in [6, 6.07) is 0. The molecular formula is C14H19N3O2S2. The van der Waals surface area contributed by atoms with E-state index in [0.717, 1.165) is 27.6 Å². The van der Waals surface area contributed by atoms with Gasteiger partial charge in [-0.15, -0.1) is 11.3 Å². The molecule has 5 nitrogen and oxygen atoms in total. The van der Waals surface area contributed by atoms with Gasteiger partial charge in [-0.2, -0.15) is 0 Å². The second-order valence-electron chi connectivity index (χ2n) is 5.18. The van der Waals surface area contributed by atoms with Crippen molar-refractivity contribution >= 4 is 29.5 Å². The van der Waals surface area contributed by atoms with E-state index >= 15 is 0 Å². The van der Waals surface area contributed by atoms with Crippen LogP contribution in [0.25, 0.3) is 0 Å². The van der Waals surface area contributed by atoms with Gasteiger partial charge in [-0.1, -0.05) is 12.1 Å². The van der Waals surface area contributed by atoms with E-state index in [9.17, 15) is 4.79 Å². The number of carbonyl (C=O) groups excluding carboxylic acids is 1. The number of amides is 1. The molecule has 1 amide bonds. The number of nitrogens with one attached hydrogen (secondary N) is 2. The van der Waals surface area contributed by atoms with Crippen molar-refractivity contribution < 1.29 is 9.32 Å². The first-order valence-corrected chi connectivity index (χ1v) is 7.99. The maximum atomic E-state index is 12.0. The highest BCUT2D eigenvalue weighted by molar-refractivity contribution is 7.73. The van der Waals surface area contributed by atoms with E-state index in [4.69, 9.17) is 16.7 Å². The maximum Gasteiger partial charge on any atom is 0.225 e. The summed E-state index contributed by atoms with van der Waals surface area (Å²) in [5.74, 6) is 0.987. The molecular weight excluding hydrogens is 306 g/mol. The van der Waals surface area contributed by atoms with Gasteiger partial charge in [0.15, 0.2) is 3.95 Å². The summed E-state index contributed by atoms with van der Waals surface area (Å²) >= 11 is 6.53. The summed E-state index contributed by atoms with van der Waals surface area (Å²) in [7, 11) is 0. The third-order valence-corrected chi connectivity index (χ3v) is 4.77. The second-order valence-corrected chi connectivity index (χ2v) is 6.95. The first-order chi connectivity index (χ1) is 9.88. The molecule has 0 aromatic carbocycles. The fourth-order valence-electron chi connectivity index (χ4n) is 2.38. The molecule has 0 unspecified atom stereocenters. The summed E-state index contributed by atoms with van der Waals surface area (Å²) in [4.78, 5) is 16.1. The van der Waals surface area contributed by atoms with E-state index in [2.05, 4.69) is 22.4 Å². The zero-order valence-corrected chi connectivity index (χ0v) is 14.2. The largest absolute Gasteiger partial charge is 0.361 e. The highest BCUT2D eigenvalue weighted by Crippen LogP contribution is 2.22. The molecule has 0 fully saturated rings. The summed E-state index contributed by atoms with van der Waals surface area (Å²) < 4.78 is 5.87. The molecule has 0 aliphatic heterocycles.